The highest BCUT2D eigenvalue weighted by Crippen LogP contribution is 2.22. The van der Waals surface area contributed by atoms with Gasteiger partial charge in [0.05, 0.1) is 6.04 Å². The molecule has 208 valence electrons. The molecule has 0 bridgehead atoms. The number of nitrogens with zero attached hydrogens (tertiary/aromatic N) is 1. The second kappa shape index (κ2) is 14.5. The van der Waals surface area contributed by atoms with Crippen LogP contribution in [-0.4, -0.2) is 46.7 Å². The minimum Gasteiger partial charge on any atom is -0.374 e. The predicted molar refractivity (Wildman–Crippen MR) is 158 cm³/mol. The van der Waals surface area contributed by atoms with E-state index in [1.54, 1.807) is 49.4 Å². The molecule has 3 aromatic carbocycles. The van der Waals surface area contributed by atoms with Gasteiger partial charge in [0.2, 0.25) is 0 Å². The van der Waals surface area contributed by atoms with Gasteiger partial charge in [-0.1, -0.05) is 79.5 Å². The van der Waals surface area contributed by atoms with Crippen molar-refractivity contribution in [3.8, 4) is 0 Å². The van der Waals surface area contributed by atoms with E-state index in [1.807, 2.05) is 49.1 Å². The van der Waals surface area contributed by atoms with Crippen molar-refractivity contribution in [3.63, 3.8) is 0 Å². The first kappa shape index (κ1) is 30.6. The molecule has 2 amide bonds. The summed E-state index contributed by atoms with van der Waals surface area (Å²) in [5.41, 5.74) is 1.03. The fraction of sp³-hybridized carbons (Fsp3) is 0.355. The third-order valence-electron chi connectivity index (χ3n) is 6.56. The van der Waals surface area contributed by atoms with E-state index >= 15 is 0 Å². The number of carbonyl (C=O) groups excluding carboxylic acids is 2. The maximum Gasteiger partial charge on any atom is 0.253 e. The molecule has 3 rings (SSSR count). The Balaban J connectivity index is 1.82. The van der Waals surface area contributed by atoms with Crippen LogP contribution < -0.4 is 10.6 Å². The van der Waals surface area contributed by atoms with E-state index in [-0.39, 0.29) is 18.4 Å². The molecule has 0 unspecified atom stereocenters. The molecule has 0 saturated heterocycles. The summed E-state index contributed by atoms with van der Waals surface area (Å²) >= 11 is 12.3. The topological polar surface area (TPSA) is 81.7 Å². The van der Waals surface area contributed by atoms with Crippen molar-refractivity contribution in [1.82, 2.24) is 15.5 Å². The van der Waals surface area contributed by atoms with Gasteiger partial charge in [0.25, 0.3) is 11.8 Å². The molecule has 0 spiro atoms. The van der Waals surface area contributed by atoms with E-state index < -0.39 is 11.8 Å². The van der Waals surface area contributed by atoms with E-state index in [4.69, 9.17) is 23.2 Å². The number of carbonyl (C=O) groups is 2. The zero-order valence-electron chi connectivity index (χ0n) is 22.7. The summed E-state index contributed by atoms with van der Waals surface area (Å²) in [6.07, 6.45) is 2.09. The van der Waals surface area contributed by atoms with Crippen molar-refractivity contribution in [2.24, 2.45) is 0 Å². The van der Waals surface area contributed by atoms with Crippen LogP contribution in [0.1, 0.15) is 65.5 Å². The Hall–Kier alpha value is -2.90. The Labute approximate surface area is 241 Å². The van der Waals surface area contributed by atoms with E-state index in [2.05, 4.69) is 10.6 Å². The largest absolute Gasteiger partial charge is 0.374 e. The van der Waals surface area contributed by atoms with Gasteiger partial charge in [-0.3, -0.25) is 14.9 Å². The van der Waals surface area contributed by atoms with Gasteiger partial charge in [0.1, 0.15) is 5.72 Å². The van der Waals surface area contributed by atoms with E-state index in [1.165, 1.54) is 0 Å². The van der Waals surface area contributed by atoms with Gasteiger partial charge < -0.3 is 15.3 Å². The quantitative estimate of drug-likeness (QED) is 0.217. The van der Waals surface area contributed by atoms with E-state index in [0.29, 0.717) is 40.7 Å². The highest BCUT2D eigenvalue weighted by Gasteiger charge is 2.33. The standard InChI is InChI=1S/C31H37Cl2N3O3/c1-4-16-36(17-5-2)30(38)24-13-9-12-23(19-24)29(37)35-28(18-22-10-7-6-8-11-22)31(3,39)34-21-25-14-15-26(32)20-27(25)33/h6-15,19-20,28,34,39H,4-5,16-18,21H2,1-3H3,(H,35,37)/t28-,31+/m0/s1. The van der Waals surface area contributed by atoms with Crippen LogP contribution >= 0.6 is 23.2 Å². The number of aliphatic hydroxyl groups is 1. The first-order valence-electron chi connectivity index (χ1n) is 13.3. The van der Waals surface area contributed by atoms with Crippen LogP contribution in [0, 0.1) is 0 Å². The van der Waals surface area contributed by atoms with Gasteiger partial charge >= 0.3 is 0 Å². The lowest BCUT2D eigenvalue weighted by Gasteiger charge is -2.35. The van der Waals surface area contributed by atoms with Gasteiger partial charge in [0.15, 0.2) is 0 Å². The second-order valence-electron chi connectivity index (χ2n) is 9.83. The van der Waals surface area contributed by atoms with Crippen LogP contribution in [0.15, 0.2) is 72.8 Å². The van der Waals surface area contributed by atoms with Gasteiger partial charge in [-0.05, 0) is 67.6 Å². The normalized spacial score (nSPS) is 13.4. The Morgan fingerprint density at radius 1 is 0.923 bits per heavy atom. The lowest BCUT2D eigenvalue weighted by molar-refractivity contribution is -0.0137. The number of amides is 2. The number of hydrogen-bond donors (Lipinski definition) is 3. The lowest BCUT2D eigenvalue weighted by Crippen LogP contribution is -2.59. The zero-order valence-corrected chi connectivity index (χ0v) is 24.2. The maximum absolute atomic E-state index is 13.4. The highest BCUT2D eigenvalue weighted by atomic mass is 35.5. The number of nitrogens with one attached hydrogen (secondary N) is 2. The van der Waals surface area contributed by atoms with Crippen LogP contribution in [0.3, 0.4) is 0 Å². The molecule has 3 N–H and O–H groups in total. The number of rotatable bonds is 13. The van der Waals surface area contributed by atoms with E-state index in [0.717, 1.165) is 24.0 Å². The molecule has 0 saturated carbocycles. The molecule has 0 radical (unpaired) electrons. The molecule has 0 aliphatic heterocycles. The third kappa shape index (κ3) is 8.80. The van der Waals surface area contributed by atoms with Crippen LogP contribution in [0.4, 0.5) is 0 Å². The fourth-order valence-electron chi connectivity index (χ4n) is 4.37. The predicted octanol–water partition coefficient (Wildman–Crippen LogP) is 6.10. The summed E-state index contributed by atoms with van der Waals surface area (Å²) < 4.78 is 0. The Morgan fingerprint density at radius 2 is 1.59 bits per heavy atom. The molecule has 0 aromatic heterocycles. The van der Waals surface area contributed by atoms with Crippen molar-refractivity contribution >= 4 is 35.0 Å². The lowest BCUT2D eigenvalue weighted by atomic mass is 9.96. The highest BCUT2D eigenvalue weighted by molar-refractivity contribution is 6.35. The van der Waals surface area contributed by atoms with Crippen LogP contribution in [0.25, 0.3) is 0 Å². The Morgan fingerprint density at radius 3 is 2.23 bits per heavy atom. The first-order valence-corrected chi connectivity index (χ1v) is 14.1. The fourth-order valence-corrected chi connectivity index (χ4v) is 4.85. The van der Waals surface area contributed by atoms with E-state index in [9.17, 15) is 14.7 Å². The minimum atomic E-state index is -1.50. The van der Waals surface area contributed by atoms with Crippen molar-refractivity contribution < 1.29 is 14.7 Å². The van der Waals surface area contributed by atoms with Crippen molar-refractivity contribution in [2.45, 2.75) is 58.3 Å². The molecule has 8 heteroatoms. The van der Waals surface area contributed by atoms with Crippen LogP contribution in [-0.2, 0) is 13.0 Å². The van der Waals surface area contributed by atoms with Gasteiger partial charge in [-0.2, -0.15) is 0 Å². The molecule has 6 nitrogen and oxygen atoms in total. The first-order chi connectivity index (χ1) is 18.6. The number of benzene rings is 3. The number of halogens is 2. The average Bonchev–Trinajstić information content (AvgIpc) is 2.92. The van der Waals surface area contributed by atoms with Gasteiger partial charge in [0, 0.05) is 40.8 Å². The molecule has 0 heterocycles. The summed E-state index contributed by atoms with van der Waals surface area (Å²) in [4.78, 5) is 28.4. The Kier molecular flexibility index (Phi) is 11.4. The molecular formula is C31H37Cl2N3O3. The smallest absolute Gasteiger partial charge is 0.253 e. The summed E-state index contributed by atoms with van der Waals surface area (Å²) in [5, 5.41) is 18.7. The summed E-state index contributed by atoms with van der Waals surface area (Å²) in [6, 6.07) is 20.8. The second-order valence-corrected chi connectivity index (χ2v) is 10.7. The molecule has 0 fully saturated rings. The van der Waals surface area contributed by atoms with Crippen molar-refractivity contribution in [1.29, 1.82) is 0 Å². The Bertz CT molecular complexity index is 1240. The van der Waals surface area contributed by atoms with Gasteiger partial charge in [-0.15, -0.1) is 0 Å². The maximum atomic E-state index is 13.4. The molecule has 0 aliphatic carbocycles. The van der Waals surface area contributed by atoms with Gasteiger partial charge in [-0.25, -0.2) is 0 Å². The molecule has 3 aromatic rings. The minimum absolute atomic E-state index is 0.0947. The molecule has 2 atom stereocenters. The summed E-state index contributed by atoms with van der Waals surface area (Å²) in [7, 11) is 0. The monoisotopic (exact) mass is 569 g/mol. The summed E-state index contributed by atoms with van der Waals surface area (Å²) in [5.74, 6) is -0.475. The van der Waals surface area contributed by atoms with Crippen LogP contribution in [0.5, 0.6) is 0 Å². The molecule has 39 heavy (non-hydrogen) atoms. The third-order valence-corrected chi connectivity index (χ3v) is 7.15. The van der Waals surface area contributed by atoms with Crippen molar-refractivity contribution in [3.05, 3.63) is 105 Å². The summed E-state index contributed by atoms with van der Waals surface area (Å²) in [6.45, 7) is 7.28. The SMILES string of the molecule is CCCN(CCC)C(=O)c1cccc(C(=O)N[C@@H](Cc2ccccc2)[C@@](C)(O)NCc2ccc(Cl)cc2Cl)c1. The average molecular weight is 571 g/mol. The van der Waals surface area contributed by atoms with Crippen LogP contribution in [0.2, 0.25) is 10.0 Å². The number of hydrogen-bond acceptors (Lipinski definition) is 4. The van der Waals surface area contributed by atoms with Crippen molar-refractivity contribution in [2.75, 3.05) is 13.1 Å². The molecular weight excluding hydrogens is 533 g/mol. The molecule has 0 aliphatic rings. The zero-order chi connectivity index (χ0) is 28.4.